The Hall–Kier alpha value is -5.94. The van der Waals surface area contributed by atoms with Crippen molar-refractivity contribution in [2.24, 2.45) is 0 Å². The number of carbonyl (C=O) groups is 1. The maximum Gasteiger partial charge on any atom is 0.330 e. The zero-order chi connectivity index (χ0) is 35.1. The van der Waals surface area contributed by atoms with Crippen molar-refractivity contribution in [3.63, 3.8) is 0 Å². The van der Waals surface area contributed by atoms with Gasteiger partial charge in [-0.25, -0.2) is 9.03 Å². The van der Waals surface area contributed by atoms with E-state index in [0.717, 1.165) is 38.0 Å². The average Bonchev–Trinajstić information content (AvgIpc) is 3.40. The lowest BCUT2D eigenvalue weighted by Crippen LogP contribution is -2.29. The summed E-state index contributed by atoms with van der Waals surface area (Å²) in [5, 5.41) is 11.6. The molecule has 50 heavy (non-hydrogen) atoms. The summed E-state index contributed by atoms with van der Waals surface area (Å²) in [7, 11) is -0.668. The molecular weight excluding hydrogens is 655 g/mol. The summed E-state index contributed by atoms with van der Waals surface area (Å²) in [6.45, 7) is 0.872. The van der Waals surface area contributed by atoms with Crippen LogP contribution >= 0.6 is 0 Å². The Morgan fingerprint density at radius 1 is 0.780 bits per heavy atom. The Bertz CT molecular complexity index is 2150. The summed E-state index contributed by atoms with van der Waals surface area (Å²) in [4.78, 5) is 14.6. The van der Waals surface area contributed by atoms with Gasteiger partial charge in [-0.3, -0.25) is 4.79 Å². The fourth-order valence-corrected chi connectivity index (χ4v) is 6.43. The number of hydrogen-bond donors (Lipinski definition) is 2. The van der Waals surface area contributed by atoms with Crippen LogP contribution in [0.4, 0.5) is 5.69 Å². The Kier molecular flexibility index (Phi) is 10.2. The summed E-state index contributed by atoms with van der Waals surface area (Å²) in [6, 6.07) is 34.0. The van der Waals surface area contributed by atoms with Gasteiger partial charge in [0.25, 0.3) is 5.91 Å². The number of carbonyl (C=O) groups excluding carboxylic acids is 1. The molecule has 0 spiro atoms. The molecule has 0 aliphatic carbocycles. The van der Waals surface area contributed by atoms with Crippen molar-refractivity contribution in [2.45, 2.75) is 19.6 Å². The summed E-state index contributed by atoms with van der Waals surface area (Å²) in [5.74, 6) is 0.541. The van der Waals surface area contributed by atoms with Gasteiger partial charge in [0.1, 0.15) is 41.7 Å². The normalized spacial score (nSPS) is 13.6. The maximum atomic E-state index is 13.1. The minimum Gasteiger partial charge on any atom is -0.493 e. The molecule has 256 valence electrons. The SMILES string of the molecule is CN(C)C(=O)c1c(OCCC=Cc2ccc3cc(OCc4ccccc4)c(N4C=C(O)NS4(=O)=O)cc3c2)cccc1OCc1ccccc1. The second-order valence-corrected chi connectivity index (χ2v) is 13.3. The lowest BCUT2D eigenvalue weighted by Gasteiger charge is -2.19. The van der Waals surface area contributed by atoms with Crippen LogP contribution in [0.1, 0.15) is 33.5 Å². The zero-order valence-corrected chi connectivity index (χ0v) is 28.5. The molecule has 0 aromatic heterocycles. The van der Waals surface area contributed by atoms with Gasteiger partial charge in [0.05, 0.1) is 12.8 Å². The molecule has 0 atom stereocenters. The summed E-state index contributed by atoms with van der Waals surface area (Å²) in [6.07, 6.45) is 5.59. The van der Waals surface area contributed by atoms with Gasteiger partial charge < -0.3 is 24.2 Å². The van der Waals surface area contributed by atoms with Crippen molar-refractivity contribution in [1.82, 2.24) is 9.62 Å². The number of ether oxygens (including phenoxy) is 3. The largest absolute Gasteiger partial charge is 0.493 e. The van der Waals surface area contributed by atoms with Crippen LogP contribution in [0.2, 0.25) is 0 Å². The van der Waals surface area contributed by atoms with Crippen LogP contribution < -0.4 is 23.2 Å². The van der Waals surface area contributed by atoms with Gasteiger partial charge in [-0.15, -0.1) is 0 Å². The van der Waals surface area contributed by atoms with E-state index in [9.17, 15) is 18.3 Å². The van der Waals surface area contributed by atoms with E-state index in [1.807, 2.05) is 91.0 Å². The number of aliphatic hydroxyl groups is 1. The predicted octanol–water partition coefficient (Wildman–Crippen LogP) is 7.19. The molecule has 1 aliphatic rings. The highest BCUT2D eigenvalue weighted by Crippen LogP contribution is 2.37. The van der Waals surface area contributed by atoms with Crippen molar-refractivity contribution in [3.05, 3.63) is 150 Å². The standard InChI is InChI=1S/C39H37N3O7S/c1-41(2)39(44)38-34(17-11-18-35(38)48-26-29-13-5-3-6-14-29)47-21-10-9-12-28-19-20-31-24-36(49-27-30-15-7-4-8-16-30)33(23-32(31)22-28)42-25-37(43)40-50(42,45)46/h3-9,11-20,22-25,40,43H,10,21,26-27H2,1-2H3. The van der Waals surface area contributed by atoms with E-state index in [1.54, 1.807) is 44.4 Å². The summed E-state index contributed by atoms with van der Waals surface area (Å²) in [5.41, 5.74) is 3.43. The topological polar surface area (TPSA) is 118 Å². The number of aliphatic hydroxyl groups excluding tert-OH is 1. The zero-order valence-electron chi connectivity index (χ0n) is 27.7. The molecule has 1 amide bonds. The van der Waals surface area contributed by atoms with Crippen LogP contribution in [0, 0.1) is 0 Å². The van der Waals surface area contributed by atoms with E-state index < -0.39 is 16.1 Å². The first-order chi connectivity index (χ1) is 24.2. The first kappa shape index (κ1) is 33.9. The monoisotopic (exact) mass is 691 g/mol. The van der Waals surface area contributed by atoms with Crippen LogP contribution in [0.3, 0.4) is 0 Å². The number of rotatable bonds is 13. The molecule has 1 heterocycles. The molecule has 0 fully saturated rings. The Balaban J connectivity index is 1.17. The molecule has 6 rings (SSSR count). The van der Waals surface area contributed by atoms with Gasteiger partial charge in [0, 0.05) is 14.1 Å². The average molecular weight is 692 g/mol. The number of nitrogens with one attached hydrogen (secondary N) is 1. The minimum absolute atomic E-state index is 0.216. The molecule has 10 nitrogen and oxygen atoms in total. The van der Waals surface area contributed by atoms with Crippen LogP contribution in [-0.2, 0) is 23.4 Å². The highest BCUT2D eigenvalue weighted by molar-refractivity contribution is 7.91. The van der Waals surface area contributed by atoms with Crippen LogP contribution in [0.25, 0.3) is 16.8 Å². The molecule has 5 aromatic carbocycles. The number of fused-ring (bicyclic) bond motifs is 1. The van der Waals surface area contributed by atoms with E-state index in [-0.39, 0.29) is 18.2 Å². The Labute approximate surface area is 291 Å². The predicted molar refractivity (Wildman–Crippen MR) is 194 cm³/mol. The maximum absolute atomic E-state index is 13.1. The van der Waals surface area contributed by atoms with E-state index in [0.29, 0.717) is 42.4 Å². The Morgan fingerprint density at radius 2 is 1.42 bits per heavy atom. The van der Waals surface area contributed by atoms with Crippen molar-refractivity contribution in [1.29, 1.82) is 0 Å². The van der Waals surface area contributed by atoms with Gasteiger partial charge in [-0.2, -0.15) is 8.42 Å². The van der Waals surface area contributed by atoms with E-state index in [4.69, 9.17) is 14.2 Å². The molecular formula is C39H37N3O7S. The lowest BCUT2D eigenvalue weighted by atomic mass is 10.0. The van der Waals surface area contributed by atoms with Crippen molar-refractivity contribution >= 4 is 38.7 Å². The van der Waals surface area contributed by atoms with Crippen LogP contribution in [-0.4, -0.2) is 45.0 Å². The second kappa shape index (κ2) is 15.1. The van der Waals surface area contributed by atoms with Crippen LogP contribution in [0.15, 0.2) is 127 Å². The number of anilines is 1. The summed E-state index contributed by atoms with van der Waals surface area (Å²) >= 11 is 0. The van der Waals surface area contributed by atoms with E-state index in [1.165, 1.54) is 4.90 Å². The quantitative estimate of drug-likeness (QED) is 0.126. The molecule has 0 saturated heterocycles. The third-order valence-electron chi connectivity index (χ3n) is 7.85. The third kappa shape index (κ3) is 8.01. The number of nitrogens with zero attached hydrogens (tertiary/aromatic N) is 2. The van der Waals surface area contributed by atoms with Gasteiger partial charge in [-0.1, -0.05) is 91.0 Å². The third-order valence-corrected chi connectivity index (χ3v) is 9.13. The molecule has 5 aromatic rings. The Morgan fingerprint density at radius 3 is 2.04 bits per heavy atom. The molecule has 2 N–H and O–H groups in total. The molecule has 0 bridgehead atoms. The number of hydrogen-bond acceptors (Lipinski definition) is 7. The smallest absolute Gasteiger partial charge is 0.330 e. The molecule has 0 radical (unpaired) electrons. The lowest BCUT2D eigenvalue weighted by molar-refractivity contribution is 0.0818. The molecule has 1 aliphatic heterocycles. The van der Waals surface area contributed by atoms with Gasteiger partial charge in [-0.05, 0) is 64.2 Å². The van der Waals surface area contributed by atoms with Gasteiger partial charge >= 0.3 is 10.2 Å². The van der Waals surface area contributed by atoms with Crippen molar-refractivity contribution in [2.75, 3.05) is 25.0 Å². The summed E-state index contributed by atoms with van der Waals surface area (Å²) < 4.78 is 46.9. The van der Waals surface area contributed by atoms with Gasteiger partial charge in [0.2, 0.25) is 5.88 Å². The van der Waals surface area contributed by atoms with Crippen molar-refractivity contribution < 1.29 is 32.5 Å². The first-order valence-electron chi connectivity index (χ1n) is 16.0. The fraction of sp³-hybridized carbons (Fsp3) is 0.154. The molecule has 11 heteroatoms. The van der Waals surface area contributed by atoms with E-state index >= 15 is 0 Å². The second-order valence-electron chi connectivity index (χ2n) is 11.8. The minimum atomic E-state index is -4.05. The number of benzene rings is 5. The van der Waals surface area contributed by atoms with E-state index in [2.05, 4.69) is 4.72 Å². The van der Waals surface area contributed by atoms with Crippen LogP contribution in [0.5, 0.6) is 17.2 Å². The molecule has 0 saturated carbocycles. The highest BCUT2D eigenvalue weighted by Gasteiger charge is 2.31. The fourth-order valence-electron chi connectivity index (χ4n) is 5.37. The molecule has 0 unspecified atom stereocenters. The highest BCUT2D eigenvalue weighted by atomic mass is 32.2. The van der Waals surface area contributed by atoms with Crippen molar-refractivity contribution in [3.8, 4) is 17.2 Å². The van der Waals surface area contributed by atoms with Gasteiger partial charge in [0.15, 0.2) is 0 Å². The number of amides is 1. The first-order valence-corrected chi connectivity index (χ1v) is 17.4.